The Morgan fingerprint density at radius 2 is 1.84 bits per heavy atom. The van der Waals surface area contributed by atoms with Crippen LogP contribution in [0.1, 0.15) is 51.0 Å². The number of anilines is 3. The van der Waals surface area contributed by atoms with Crippen LogP contribution in [0.15, 0.2) is 42.7 Å². The minimum Gasteiger partial charge on any atom is -0.397 e. The Balaban J connectivity index is 1.79. The van der Waals surface area contributed by atoms with Gasteiger partial charge in [-0.1, -0.05) is 32.6 Å². The summed E-state index contributed by atoms with van der Waals surface area (Å²) < 4.78 is 0. The van der Waals surface area contributed by atoms with Gasteiger partial charge in [0.05, 0.1) is 11.4 Å². The van der Waals surface area contributed by atoms with Crippen LogP contribution >= 0.6 is 0 Å². The molecule has 0 saturated heterocycles. The number of pyridine rings is 1. The molecule has 25 heavy (non-hydrogen) atoms. The Bertz CT molecular complexity index is 658. The van der Waals surface area contributed by atoms with E-state index in [1.54, 1.807) is 12.4 Å². The molecule has 0 spiro atoms. The van der Waals surface area contributed by atoms with Crippen molar-refractivity contribution in [2.45, 2.75) is 52.0 Å². The molecule has 0 unspecified atom stereocenters. The minimum absolute atomic E-state index is 0.0284. The summed E-state index contributed by atoms with van der Waals surface area (Å²) in [6.45, 7) is 2.89. The van der Waals surface area contributed by atoms with Crippen LogP contribution in [-0.2, 0) is 11.3 Å². The fraction of sp³-hybridized carbons (Fsp3) is 0.400. The van der Waals surface area contributed by atoms with Crippen molar-refractivity contribution in [3.63, 3.8) is 0 Å². The fourth-order valence-electron chi connectivity index (χ4n) is 2.59. The summed E-state index contributed by atoms with van der Waals surface area (Å²) >= 11 is 0. The van der Waals surface area contributed by atoms with Gasteiger partial charge >= 0.3 is 0 Å². The highest BCUT2D eigenvalue weighted by Crippen LogP contribution is 2.23. The quantitative estimate of drug-likeness (QED) is 0.437. The number of carbonyl (C=O) groups excluding carboxylic acids is 1. The molecule has 0 aliphatic heterocycles. The molecule has 4 N–H and O–H groups in total. The van der Waals surface area contributed by atoms with Crippen molar-refractivity contribution in [1.82, 2.24) is 4.98 Å². The number of nitrogens with one attached hydrogen (secondary N) is 2. The van der Waals surface area contributed by atoms with Crippen molar-refractivity contribution >= 4 is 23.0 Å². The molecule has 0 atom stereocenters. The maximum atomic E-state index is 12.0. The zero-order valence-electron chi connectivity index (χ0n) is 14.9. The number of hydrogen-bond acceptors (Lipinski definition) is 4. The monoisotopic (exact) mass is 340 g/mol. The number of nitrogens with two attached hydrogens (primary N) is 1. The standard InChI is InChI=1S/C20H28N4O/c1-2-3-4-5-6-7-20(25)24-19-9-8-17(14-18(19)21)23-15-16-10-12-22-13-11-16/h8-14,23H,2-7,15,21H2,1H3,(H,24,25). The molecule has 2 aromatic rings. The number of nitrogen functional groups attached to an aromatic ring is 1. The SMILES string of the molecule is CCCCCCCC(=O)Nc1ccc(NCc2ccncc2)cc1N. The largest absolute Gasteiger partial charge is 0.397 e. The van der Waals surface area contributed by atoms with E-state index in [0.717, 1.165) is 24.1 Å². The van der Waals surface area contributed by atoms with Crippen LogP contribution in [0.2, 0.25) is 0 Å². The second-order valence-electron chi connectivity index (χ2n) is 6.22. The van der Waals surface area contributed by atoms with Crippen LogP contribution in [0.4, 0.5) is 17.1 Å². The molecule has 0 bridgehead atoms. The van der Waals surface area contributed by atoms with Crippen molar-refractivity contribution in [2.75, 3.05) is 16.4 Å². The van der Waals surface area contributed by atoms with Gasteiger partial charge in [-0.3, -0.25) is 9.78 Å². The molecule has 5 nitrogen and oxygen atoms in total. The third kappa shape index (κ3) is 6.83. The predicted molar refractivity (Wildman–Crippen MR) is 104 cm³/mol. The maximum Gasteiger partial charge on any atom is 0.224 e. The van der Waals surface area contributed by atoms with Crippen LogP contribution < -0.4 is 16.4 Å². The molecule has 1 aromatic heterocycles. The molecule has 134 valence electrons. The molecule has 0 aliphatic rings. The van der Waals surface area contributed by atoms with Crippen molar-refractivity contribution < 1.29 is 4.79 Å². The normalized spacial score (nSPS) is 10.4. The number of nitrogens with zero attached hydrogens (tertiary/aromatic N) is 1. The Morgan fingerprint density at radius 3 is 2.56 bits per heavy atom. The van der Waals surface area contributed by atoms with Crippen molar-refractivity contribution in [3.8, 4) is 0 Å². The number of hydrogen-bond donors (Lipinski definition) is 3. The van der Waals surface area contributed by atoms with Crippen LogP contribution in [-0.4, -0.2) is 10.9 Å². The molecular formula is C20H28N4O. The average Bonchev–Trinajstić information content (AvgIpc) is 2.63. The molecule has 0 fully saturated rings. The fourth-order valence-corrected chi connectivity index (χ4v) is 2.59. The van der Waals surface area contributed by atoms with Crippen LogP contribution in [0, 0.1) is 0 Å². The highest BCUT2D eigenvalue weighted by molar-refractivity contribution is 5.94. The van der Waals surface area contributed by atoms with Crippen molar-refractivity contribution in [3.05, 3.63) is 48.3 Å². The van der Waals surface area contributed by atoms with Crippen LogP contribution in [0.3, 0.4) is 0 Å². The molecule has 2 rings (SSSR count). The molecule has 1 heterocycles. The lowest BCUT2D eigenvalue weighted by molar-refractivity contribution is -0.116. The van der Waals surface area contributed by atoms with Crippen LogP contribution in [0.5, 0.6) is 0 Å². The summed E-state index contributed by atoms with van der Waals surface area (Å²) in [5, 5.41) is 6.22. The van der Waals surface area contributed by atoms with Gasteiger partial charge in [0.15, 0.2) is 0 Å². The number of aromatic nitrogens is 1. The number of unbranched alkanes of at least 4 members (excludes halogenated alkanes) is 4. The van der Waals surface area contributed by atoms with Crippen molar-refractivity contribution in [2.24, 2.45) is 0 Å². The van der Waals surface area contributed by atoms with E-state index < -0.39 is 0 Å². The number of carbonyl (C=O) groups is 1. The smallest absolute Gasteiger partial charge is 0.224 e. The lowest BCUT2D eigenvalue weighted by atomic mass is 10.1. The topological polar surface area (TPSA) is 80.0 Å². The first-order valence-corrected chi connectivity index (χ1v) is 9.01. The summed E-state index contributed by atoms with van der Waals surface area (Å²) in [5.41, 5.74) is 9.38. The second kappa shape index (κ2) is 10.3. The number of amides is 1. The first-order valence-electron chi connectivity index (χ1n) is 9.01. The maximum absolute atomic E-state index is 12.0. The summed E-state index contributed by atoms with van der Waals surface area (Å²) in [4.78, 5) is 16.0. The number of benzene rings is 1. The van der Waals surface area contributed by atoms with E-state index in [1.165, 1.54) is 19.3 Å². The van der Waals surface area contributed by atoms with E-state index in [9.17, 15) is 4.79 Å². The Kier molecular flexibility index (Phi) is 7.76. The molecular weight excluding hydrogens is 312 g/mol. The van der Waals surface area contributed by atoms with Gasteiger partial charge in [-0.05, 0) is 42.3 Å². The first kappa shape index (κ1) is 18.8. The third-order valence-corrected chi connectivity index (χ3v) is 4.08. The summed E-state index contributed by atoms with van der Waals surface area (Å²) in [7, 11) is 0. The zero-order chi connectivity index (χ0) is 17.9. The highest BCUT2D eigenvalue weighted by atomic mass is 16.1. The van der Waals surface area contributed by atoms with E-state index in [2.05, 4.69) is 22.5 Å². The Hall–Kier alpha value is -2.56. The molecule has 0 aliphatic carbocycles. The first-order chi connectivity index (χ1) is 12.2. The van der Waals surface area contributed by atoms with Gasteiger partial charge in [0, 0.05) is 31.0 Å². The summed E-state index contributed by atoms with van der Waals surface area (Å²) in [6, 6.07) is 9.54. The van der Waals surface area contributed by atoms with Gasteiger partial charge in [0.25, 0.3) is 0 Å². The lowest BCUT2D eigenvalue weighted by Crippen LogP contribution is -2.12. The predicted octanol–water partition coefficient (Wildman–Crippen LogP) is 4.57. The van der Waals surface area contributed by atoms with Gasteiger partial charge in [-0.2, -0.15) is 0 Å². The van der Waals surface area contributed by atoms with E-state index in [1.807, 2.05) is 30.3 Å². The van der Waals surface area contributed by atoms with E-state index >= 15 is 0 Å². The van der Waals surface area contributed by atoms with Gasteiger partial charge in [-0.25, -0.2) is 0 Å². The highest BCUT2D eigenvalue weighted by Gasteiger charge is 2.06. The lowest BCUT2D eigenvalue weighted by Gasteiger charge is -2.11. The van der Waals surface area contributed by atoms with Gasteiger partial charge in [0.1, 0.15) is 0 Å². The van der Waals surface area contributed by atoms with Crippen molar-refractivity contribution in [1.29, 1.82) is 0 Å². The van der Waals surface area contributed by atoms with E-state index in [-0.39, 0.29) is 5.91 Å². The van der Waals surface area contributed by atoms with Gasteiger partial charge in [-0.15, -0.1) is 0 Å². The van der Waals surface area contributed by atoms with E-state index in [4.69, 9.17) is 5.73 Å². The third-order valence-electron chi connectivity index (χ3n) is 4.08. The summed E-state index contributed by atoms with van der Waals surface area (Å²) in [5.74, 6) is 0.0284. The molecule has 0 saturated carbocycles. The zero-order valence-corrected chi connectivity index (χ0v) is 14.9. The Labute approximate surface area is 150 Å². The molecule has 1 amide bonds. The van der Waals surface area contributed by atoms with E-state index in [0.29, 0.717) is 24.3 Å². The molecule has 5 heteroatoms. The summed E-state index contributed by atoms with van der Waals surface area (Å²) in [6.07, 6.45) is 9.77. The number of rotatable bonds is 10. The Morgan fingerprint density at radius 1 is 1.08 bits per heavy atom. The molecule has 0 radical (unpaired) electrons. The molecule has 1 aromatic carbocycles. The average molecular weight is 340 g/mol. The van der Waals surface area contributed by atoms with Gasteiger partial charge in [0.2, 0.25) is 5.91 Å². The second-order valence-corrected chi connectivity index (χ2v) is 6.22. The minimum atomic E-state index is 0.0284. The van der Waals surface area contributed by atoms with Crippen LogP contribution in [0.25, 0.3) is 0 Å². The van der Waals surface area contributed by atoms with Gasteiger partial charge < -0.3 is 16.4 Å².